The van der Waals surface area contributed by atoms with Crippen molar-refractivity contribution in [3.8, 4) is 17.0 Å². The molecule has 0 saturated heterocycles. The molecule has 5 heteroatoms. The zero-order valence-corrected chi connectivity index (χ0v) is 12.8. The van der Waals surface area contributed by atoms with Crippen LogP contribution in [0.25, 0.3) is 11.3 Å². The molecule has 2 aromatic carbocycles. The Morgan fingerprint density at radius 1 is 1.14 bits per heavy atom. The molecule has 110 valence electrons. The molecule has 0 fully saturated rings. The van der Waals surface area contributed by atoms with E-state index in [-0.39, 0.29) is 5.91 Å². The Hall–Kier alpha value is -2.66. The molecule has 0 spiro atoms. The molecule has 0 saturated carbocycles. The Morgan fingerprint density at radius 2 is 1.95 bits per heavy atom. The molecule has 0 unspecified atom stereocenters. The Bertz CT molecular complexity index is 784. The van der Waals surface area contributed by atoms with Crippen LogP contribution in [-0.4, -0.2) is 18.0 Å². The second-order valence-corrected chi connectivity index (χ2v) is 5.45. The van der Waals surface area contributed by atoms with E-state index in [1.54, 1.807) is 31.4 Å². The molecule has 22 heavy (non-hydrogen) atoms. The first kappa shape index (κ1) is 14.3. The minimum Gasteiger partial charge on any atom is -0.497 e. The molecule has 0 aliphatic carbocycles. The third-order valence-corrected chi connectivity index (χ3v) is 3.88. The van der Waals surface area contributed by atoms with Gasteiger partial charge in [0.05, 0.1) is 12.8 Å². The van der Waals surface area contributed by atoms with Crippen molar-refractivity contribution in [3.05, 3.63) is 65.5 Å². The second kappa shape index (κ2) is 6.41. The summed E-state index contributed by atoms with van der Waals surface area (Å²) in [5, 5.41) is 5.32. The zero-order chi connectivity index (χ0) is 15.4. The maximum atomic E-state index is 12.2. The number of anilines is 1. The van der Waals surface area contributed by atoms with Gasteiger partial charge in [0.1, 0.15) is 5.75 Å². The van der Waals surface area contributed by atoms with Crippen LogP contribution in [0.2, 0.25) is 0 Å². The summed E-state index contributed by atoms with van der Waals surface area (Å²) >= 11 is 1.40. The zero-order valence-electron chi connectivity index (χ0n) is 11.9. The van der Waals surface area contributed by atoms with Crippen LogP contribution in [0.4, 0.5) is 5.13 Å². The van der Waals surface area contributed by atoms with Gasteiger partial charge in [0.25, 0.3) is 5.91 Å². The summed E-state index contributed by atoms with van der Waals surface area (Å²) in [6.45, 7) is 0. The third kappa shape index (κ3) is 3.15. The molecule has 0 radical (unpaired) electrons. The number of carbonyl (C=O) groups excluding carboxylic acids is 1. The number of amides is 1. The Kier molecular flexibility index (Phi) is 4.16. The van der Waals surface area contributed by atoms with Crippen LogP contribution in [-0.2, 0) is 0 Å². The smallest absolute Gasteiger partial charge is 0.257 e. The fourth-order valence-corrected chi connectivity index (χ4v) is 2.72. The largest absolute Gasteiger partial charge is 0.497 e. The fraction of sp³-hybridized carbons (Fsp3) is 0.0588. The number of thiazole rings is 1. The quantitative estimate of drug-likeness (QED) is 0.790. The lowest BCUT2D eigenvalue weighted by Gasteiger charge is -2.04. The molecule has 1 heterocycles. The Morgan fingerprint density at radius 3 is 2.73 bits per heavy atom. The standard InChI is InChI=1S/C17H14N2O2S/c1-21-14-9-5-8-13(10-14)16(20)19-17-18-15(11-22-17)12-6-3-2-4-7-12/h2-11H,1H3,(H,18,19,20). The average molecular weight is 310 g/mol. The molecule has 3 aromatic rings. The monoisotopic (exact) mass is 310 g/mol. The van der Waals surface area contributed by atoms with E-state index < -0.39 is 0 Å². The molecule has 1 aromatic heterocycles. The summed E-state index contributed by atoms with van der Waals surface area (Å²) in [5.41, 5.74) is 2.42. The van der Waals surface area contributed by atoms with Crippen molar-refractivity contribution in [2.45, 2.75) is 0 Å². The second-order valence-electron chi connectivity index (χ2n) is 4.59. The van der Waals surface area contributed by atoms with Gasteiger partial charge in [-0.3, -0.25) is 10.1 Å². The van der Waals surface area contributed by atoms with Gasteiger partial charge in [0, 0.05) is 16.5 Å². The van der Waals surface area contributed by atoms with E-state index in [0.717, 1.165) is 11.3 Å². The lowest BCUT2D eigenvalue weighted by Crippen LogP contribution is -2.11. The number of rotatable bonds is 4. The van der Waals surface area contributed by atoms with Gasteiger partial charge in [-0.05, 0) is 18.2 Å². The number of nitrogens with zero attached hydrogens (tertiary/aromatic N) is 1. The molecule has 3 rings (SSSR count). The van der Waals surface area contributed by atoms with Crippen molar-refractivity contribution in [2.75, 3.05) is 12.4 Å². The van der Waals surface area contributed by atoms with Gasteiger partial charge in [0.15, 0.2) is 5.13 Å². The van der Waals surface area contributed by atoms with Crippen LogP contribution >= 0.6 is 11.3 Å². The lowest BCUT2D eigenvalue weighted by molar-refractivity contribution is 0.102. The lowest BCUT2D eigenvalue weighted by atomic mass is 10.2. The van der Waals surface area contributed by atoms with Gasteiger partial charge in [0.2, 0.25) is 0 Å². The number of nitrogens with one attached hydrogen (secondary N) is 1. The topological polar surface area (TPSA) is 51.2 Å². The highest BCUT2D eigenvalue weighted by Crippen LogP contribution is 2.25. The van der Waals surface area contributed by atoms with Crippen LogP contribution in [0.1, 0.15) is 10.4 Å². The Labute approximate surface area is 132 Å². The average Bonchev–Trinajstić information content (AvgIpc) is 3.04. The van der Waals surface area contributed by atoms with E-state index in [1.807, 2.05) is 35.7 Å². The van der Waals surface area contributed by atoms with Crippen molar-refractivity contribution in [1.29, 1.82) is 0 Å². The minimum absolute atomic E-state index is 0.201. The summed E-state index contributed by atoms with van der Waals surface area (Å²) < 4.78 is 5.12. The van der Waals surface area contributed by atoms with E-state index in [9.17, 15) is 4.79 Å². The first-order chi connectivity index (χ1) is 10.8. The molecular formula is C17H14N2O2S. The van der Waals surface area contributed by atoms with Gasteiger partial charge in [-0.25, -0.2) is 4.98 Å². The molecule has 1 amide bonds. The van der Waals surface area contributed by atoms with Crippen LogP contribution < -0.4 is 10.1 Å². The highest BCUT2D eigenvalue weighted by Gasteiger charge is 2.10. The van der Waals surface area contributed by atoms with Crippen LogP contribution in [0.15, 0.2) is 60.0 Å². The summed E-state index contributed by atoms with van der Waals surface area (Å²) in [6.07, 6.45) is 0. The normalized spacial score (nSPS) is 10.2. The van der Waals surface area contributed by atoms with Crippen LogP contribution in [0.3, 0.4) is 0 Å². The molecule has 0 aliphatic heterocycles. The van der Waals surface area contributed by atoms with E-state index in [4.69, 9.17) is 4.74 Å². The van der Waals surface area contributed by atoms with Gasteiger partial charge in [-0.2, -0.15) is 0 Å². The van der Waals surface area contributed by atoms with Crippen molar-refractivity contribution >= 4 is 22.4 Å². The highest BCUT2D eigenvalue weighted by atomic mass is 32.1. The first-order valence-electron chi connectivity index (χ1n) is 6.72. The number of aromatic nitrogens is 1. The summed E-state index contributed by atoms with van der Waals surface area (Å²) in [7, 11) is 1.57. The molecule has 1 N–H and O–H groups in total. The maximum Gasteiger partial charge on any atom is 0.257 e. The van der Waals surface area contributed by atoms with Crippen LogP contribution in [0, 0.1) is 0 Å². The Balaban J connectivity index is 1.76. The predicted molar refractivity (Wildman–Crippen MR) is 88.5 cm³/mol. The summed E-state index contributed by atoms with van der Waals surface area (Å²) in [4.78, 5) is 16.7. The van der Waals surface area contributed by atoms with E-state index in [2.05, 4.69) is 10.3 Å². The summed E-state index contributed by atoms with van der Waals surface area (Å²) in [6, 6.07) is 16.9. The van der Waals surface area contributed by atoms with Crippen LogP contribution in [0.5, 0.6) is 5.75 Å². The van der Waals surface area contributed by atoms with Crippen molar-refractivity contribution in [2.24, 2.45) is 0 Å². The van der Waals surface area contributed by atoms with Gasteiger partial charge >= 0.3 is 0 Å². The molecule has 0 atom stereocenters. The highest BCUT2D eigenvalue weighted by molar-refractivity contribution is 7.14. The van der Waals surface area contributed by atoms with Crippen molar-refractivity contribution in [1.82, 2.24) is 4.98 Å². The van der Waals surface area contributed by atoms with E-state index in [0.29, 0.717) is 16.4 Å². The van der Waals surface area contributed by atoms with Gasteiger partial charge < -0.3 is 4.74 Å². The molecule has 4 nitrogen and oxygen atoms in total. The minimum atomic E-state index is -0.201. The van der Waals surface area contributed by atoms with Crippen molar-refractivity contribution < 1.29 is 9.53 Å². The van der Waals surface area contributed by atoms with Gasteiger partial charge in [-0.15, -0.1) is 11.3 Å². The number of ether oxygens (including phenoxy) is 1. The van der Waals surface area contributed by atoms with E-state index >= 15 is 0 Å². The number of hydrogen-bond acceptors (Lipinski definition) is 4. The van der Waals surface area contributed by atoms with Crippen molar-refractivity contribution in [3.63, 3.8) is 0 Å². The number of methoxy groups -OCH3 is 1. The number of carbonyl (C=O) groups is 1. The summed E-state index contributed by atoms with van der Waals surface area (Å²) in [5.74, 6) is 0.449. The fourth-order valence-electron chi connectivity index (χ4n) is 2.01. The first-order valence-corrected chi connectivity index (χ1v) is 7.60. The molecule has 0 bridgehead atoms. The molecular weight excluding hydrogens is 296 g/mol. The maximum absolute atomic E-state index is 12.2. The predicted octanol–water partition coefficient (Wildman–Crippen LogP) is 4.07. The number of benzene rings is 2. The number of hydrogen-bond donors (Lipinski definition) is 1. The third-order valence-electron chi connectivity index (χ3n) is 3.13. The van der Waals surface area contributed by atoms with E-state index in [1.165, 1.54) is 11.3 Å². The SMILES string of the molecule is COc1cccc(C(=O)Nc2nc(-c3ccccc3)cs2)c1. The molecule has 0 aliphatic rings. The van der Waals surface area contributed by atoms with Gasteiger partial charge in [-0.1, -0.05) is 36.4 Å².